The summed E-state index contributed by atoms with van der Waals surface area (Å²) >= 11 is 0. The SMILES string of the molecule is Cc1cc(C(=O)O)ccc1NCC1(CCO)CC1. The van der Waals surface area contributed by atoms with E-state index in [2.05, 4.69) is 5.32 Å². The van der Waals surface area contributed by atoms with E-state index in [1.165, 1.54) is 0 Å². The standard InChI is InChI=1S/C14H19NO3/c1-10-8-11(13(17)18)2-3-12(10)15-9-14(4-5-14)6-7-16/h2-3,8,15-16H,4-7,9H2,1H3,(H,17,18). The summed E-state index contributed by atoms with van der Waals surface area (Å²) in [5, 5.41) is 21.3. The number of carbonyl (C=O) groups is 1. The van der Waals surface area contributed by atoms with Crippen molar-refractivity contribution in [3.63, 3.8) is 0 Å². The van der Waals surface area contributed by atoms with Gasteiger partial charge in [0.15, 0.2) is 0 Å². The Bertz CT molecular complexity index is 452. The fourth-order valence-corrected chi connectivity index (χ4v) is 2.21. The lowest BCUT2D eigenvalue weighted by Gasteiger charge is -2.17. The fraction of sp³-hybridized carbons (Fsp3) is 0.500. The summed E-state index contributed by atoms with van der Waals surface area (Å²) in [5.74, 6) is -0.899. The number of aryl methyl sites for hydroxylation is 1. The first-order chi connectivity index (χ1) is 8.56. The van der Waals surface area contributed by atoms with Crippen molar-refractivity contribution in [2.24, 2.45) is 5.41 Å². The zero-order chi connectivity index (χ0) is 13.2. The highest BCUT2D eigenvalue weighted by molar-refractivity contribution is 5.88. The number of carboxylic acid groups (broad SMARTS) is 1. The van der Waals surface area contributed by atoms with Crippen LogP contribution in [0.25, 0.3) is 0 Å². The number of aliphatic hydroxyl groups is 1. The maximum absolute atomic E-state index is 10.8. The number of carboxylic acids is 1. The van der Waals surface area contributed by atoms with Crippen LogP contribution in [0.4, 0.5) is 5.69 Å². The molecule has 0 radical (unpaired) electrons. The molecule has 0 spiro atoms. The second kappa shape index (κ2) is 4.98. The highest BCUT2D eigenvalue weighted by Crippen LogP contribution is 2.48. The van der Waals surface area contributed by atoms with Gasteiger partial charge in [-0.25, -0.2) is 4.79 Å². The van der Waals surface area contributed by atoms with Gasteiger partial charge >= 0.3 is 5.97 Å². The largest absolute Gasteiger partial charge is 0.478 e. The molecule has 0 amide bonds. The highest BCUT2D eigenvalue weighted by Gasteiger charge is 2.41. The van der Waals surface area contributed by atoms with E-state index >= 15 is 0 Å². The quantitative estimate of drug-likeness (QED) is 0.723. The minimum atomic E-state index is -0.899. The maximum atomic E-state index is 10.8. The molecule has 98 valence electrons. The number of hydrogen-bond acceptors (Lipinski definition) is 3. The average Bonchev–Trinajstić information content (AvgIpc) is 3.08. The van der Waals surface area contributed by atoms with Gasteiger partial charge in [-0.15, -0.1) is 0 Å². The number of rotatable bonds is 6. The van der Waals surface area contributed by atoms with Gasteiger partial charge in [0.25, 0.3) is 0 Å². The van der Waals surface area contributed by atoms with Crippen LogP contribution in [0.2, 0.25) is 0 Å². The molecule has 0 atom stereocenters. The zero-order valence-electron chi connectivity index (χ0n) is 10.6. The molecule has 0 aromatic heterocycles. The van der Waals surface area contributed by atoms with Crippen molar-refractivity contribution in [1.82, 2.24) is 0 Å². The van der Waals surface area contributed by atoms with Crippen LogP contribution in [0.5, 0.6) is 0 Å². The number of aliphatic hydroxyl groups excluding tert-OH is 1. The Morgan fingerprint density at radius 3 is 2.67 bits per heavy atom. The van der Waals surface area contributed by atoms with Gasteiger partial charge in [-0.05, 0) is 55.4 Å². The molecule has 4 heteroatoms. The van der Waals surface area contributed by atoms with Crippen molar-refractivity contribution < 1.29 is 15.0 Å². The van der Waals surface area contributed by atoms with Crippen molar-refractivity contribution in [2.75, 3.05) is 18.5 Å². The Labute approximate surface area is 107 Å². The first-order valence-electron chi connectivity index (χ1n) is 6.25. The van der Waals surface area contributed by atoms with Crippen molar-refractivity contribution >= 4 is 11.7 Å². The normalized spacial score (nSPS) is 16.3. The summed E-state index contributed by atoms with van der Waals surface area (Å²) in [7, 11) is 0. The smallest absolute Gasteiger partial charge is 0.335 e. The molecule has 1 aromatic carbocycles. The summed E-state index contributed by atoms with van der Waals surface area (Å²) in [6.07, 6.45) is 3.16. The lowest BCUT2D eigenvalue weighted by atomic mass is 10.0. The first kappa shape index (κ1) is 12.9. The molecule has 0 unspecified atom stereocenters. The van der Waals surface area contributed by atoms with E-state index < -0.39 is 5.97 Å². The molecule has 1 fully saturated rings. The second-order valence-corrected chi connectivity index (χ2v) is 5.16. The number of benzene rings is 1. The van der Waals surface area contributed by atoms with Crippen LogP contribution in [-0.2, 0) is 0 Å². The van der Waals surface area contributed by atoms with E-state index in [0.29, 0.717) is 5.56 Å². The van der Waals surface area contributed by atoms with Crippen molar-refractivity contribution in [2.45, 2.75) is 26.2 Å². The molecule has 2 rings (SSSR count). The third-order valence-electron chi connectivity index (χ3n) is 3.73. The summed E-state index contributed by atoms with van der Waals surface area (Å²) in [4.78, 5) is 10.8. The third kappa shape index (κ3) is 2.82. The van der Waals surface area contributed by atoms with Crippen LogP contribution in [0.15, 0.2) is 18.2 Å². The van der Waals surface area contributed by atoms with Crippen molar-refractivity contribution in [3.8, 4) is 0 Å². The van der Waals surface area contributed by atoms with E-state index in [1.54, 1.807) is 12.1 Å². The van der Waals surface area contributed by atoms with Gasteiger partial charge in [0.05, 0.1) is 5.56 Å². The van der Waals surface area contributed by atoms with Crippen LogP contribution >= 0.6 is 0 Å². The van der Waals surface area contributed by atoms with E-state index in [9.17, 15) is 4.79 Å². The van der Waals surface area contributed by atoms with Crippen LogP contribution < -0.4 is 5.32 Å². The number of aromatic carboxylic acids is 1. The van der Waals surface area contributed by atoms with E-state index in [-0.39, 0.29) is 12.0 Å². The molecule has 1 aliphatic carbocycles. The summed E-state index contributed by atoms with van der Waals surface area (Å²) in [6.45, 7) is 2.99. The summed E-state index contributed by atoms with van der Waals surface area (Å²) < 4.78 is 0. The molecule has 18 heavy (non-hydrogen) atoms. The molecule has 0 heterocycles. The Morgan fingerprint density at radius 2 is 2.17 bits per heavy atom. The highest BCUT2D eigenvalue weighted by atomic mass is 16.4. The van der Waals surface area contributed by atoms with Gasteiger partial charge in [0, 0.05) is 18.8 Å². The van der Waals surface area contributed by atoms with E-state index in [0.717, 1.165) is 37.1 Å². The first-order valence-corrected chi connectivity index (χ1v) is 6.25. The number of anilines is 1. The molecule has 1 aliphatic rings. The average molecular weight is 249 g/mol. The fourth-order valence-electron chi connectivity index (χ4n) is 2.21. The minimum absolute atomic E-state index is 0.235. The van der Waals surface area contributed by atoms with E-state index in [1.807, 2.05) is 13.0 Å². The molecule has 4 nitrogen and oxygen atoms in total. The summed E-state index contributed by atoms with van der Waals surface area (Å²) in [5.41, 5.74) is 2.49. The van der Waals surface area contributed by atoms with Gasteiger partial charge in [-0.3, -0.25) is 0 Å². The Kier molecular flexibility index (Phi) is 3.57. The van der Waals surface area contributed by atoms with Crippen molar-refractivity contribution in [3.05, 3.63) is 29.3 Å². The van der Waals surface area contributed by atoms with Crippen LogP contribution in [0.1, 0.15) is 35.2 Å². The molecular weight excluding hydrogens is 230 g/mol. The van der Waals surface area contributed by atoms with Crippen LogP contribution in [-0.4, -0.2) is 29.3 Å². The van der Waals surface area contributed by atoms with Gasteiger partial charge in [-0.2, -0.15) is 0 Å². The lowest BCUT2D eigenvalue weighted by molar-refractivity contribution is 0.0697. The topological polar surface area (TPSA) is 69.6 Å². The molecular formula is C14H19NO3. The third-order valence-corrected chi connectivity index (χ3v) is 3.73. The van der Waals surface area contributed by atoms with Crippen LogP contribution in [0.3, 0.4) is 0 Å². The molecule has 1 saturated carbocycles. The van der Waals surface area contributed by atoms with Gasteiger partial charge < -0.3 is 15.5 Å². The Balaban J connectivity index is 2.00. The molecule has 3 N–H and O–H groups in total. The molecule has 1 aromatic rings. The Hall–Kier alpha value is -1.55. The number of nitrogens with one attached hydrogen (secondary N) is 1. The summed E-state index contributed by atoms with van der Waals surface area (Å²) in [6, 6.07) is 5.10. The Morgan fingerprint density at radius 1 is 1.44 bits per heavy atom. The minimum Gasteiger partial charge on any atom is -0.478 e. The van der Waals surface area contributed by atoms with E-state index in [4.69, 9.17) is 10.2 Å². The monoisotopic (exact) mass is 249 g/mol. The molecule has 0 saturated heterocycles. The predicted molar refractivity (Wildman–Crippen MR) is 70.0 cm³/mol. The predicted octanol–water partition coefficient (Wildman–Crippen LogP) is 2.27. The van der Waals surface area contributed by atoms with Crippen LogP contribution in [0, 0.1) is 12.3 Å². The number of hydrogen-bond donors (Lipinski definition) is 3. The van der Waals surface area contributed by atoms with Gasteiger partial charge in [0.1, 0.15) is 0 Å². The zero-order valence-corrected chi connectivity index (χ0v) is 10.6. The molecule has 0 bridgehead atoms. The molecule has 0 aliphatic heterocycles. The van der Waals surface area contributed by atoms with Gasteiger partial charge in [0.2, 0.25) is 0 Å². The maximum Gasteiger partial charge on any atom is 0.335 e. The van der Waals surface area contributed by atoms with Crippen molar-refractivity contribution in [1.29, 1.82) is 0 Å². The lowest BCUT2D eigenvalue weighted by Crippen LogP contribution is -2.17. The second-order valence-electron chi connectivity index (χ2n) is 5.16. The van der Waals surface area contributed by atoms with Gasteiger partial charge in [-0.1, -0.05) is 0 Å².